The maximum atomic E-state index is 10.9. The van der Waals surface area contributed by atoms with Crippen LogP contribution in [-0.2, 0) is 14.6 Å². The fourth-order valence-electron chi connectivity index (χ4n) is 1.70. The van der Waals surface area contributed by atoms with E-state index in [4.69, 9.17) is 4.74 Å². The molecule has 1 aromatic carbocycles. The van der Waals surface area contributed by atoms with E-state index in [1.54, 1.807) is 0 Å². The predicted octanol–water partition coefficient (Wildman–Crippen LogP) is 1.10. The van der Waals surface area contributed by atoms with Crippen molar-refractivity contribution in [2.75, 3.05) is 37.1 Å². The molecule has 0 unspecified atom stereocenters. The normalized spacial score (nSPS) is 11.7. The van der Waals surface area contributed by atoms with Crippen LogP contribution in [0.25, 0.3) is 10.9 Å². The van der Waals surface area contributed by atoms with Crippen molar-refractivity contribution in [2.24, 2.45) is 0 Å². The summed E-state index contributed by atoms with van der Waals surface area (Å²) in [6, 6.07) is 7.72. The van der Waals surface area contributed by atoms with Crippen LogP contribution in [-0.4, -0.2) is 50.2 Å². The van der Waals surface area contributed by atoms with Crippen molar-refractivity contribution in [3.63, 3.8) is 0 Å². The summed E-state index contributed by atoms with van der Waals surface area (Å²) in [4.78, 5) is 8.37. The lowest BCUT2D eigenvalue weighted by atomic mass is 10.2. The van der Waals surface area contributed by atoms with Crippen LogP contribution >= 0.6 is 0 Å². The lowest BCUT2D eigenvalue weighted by Crippen LogP contribution is -2.15. The van der Waals surface area contributed by atoms with Crippen molar-refractivity contribution < 1.29 is 13.2 Å². The number of hydrogen-bond acceptors (Lipinski definition) is 6. The molecular formula is C13H17N3O3S. The van der Waals surface area contributed by atoms with Crippen LogP contribution in [0.3, 0.4) is 0 Å². The van der Waals surface area contributed by atoms with Crippen molar-refractivity contribution in [2.45, 2.75) is 0 Å². The van der Waals surface area contributed by atoms with Crippen LogP contribution in [0.2, 0.25) is 0 Å². The Bertz CT molecular complexity index is 668. The summed E-state index contributed by atoms with van der Waals surface area (Å²) in [5.41, 5.74) is 0.878. The van der Waals surface area contributed by atoms with Crippen LogP contribution in [0.1, 0.15) is 0 Å². The largest absolute Gasteiger partial charge is 0.379 e. The Labute approximate surface area is 118 Å². The molecule has 2 aromatic rings. The zero-order valence-corrected chi connectivity index (χ0v) is 12.1. The highest BCUT2D eigenvalue weighted by atomic mass is 32.2. The van der Waals surface area contributed by atoms with Gasteiger partial charge in [0.1, 0.15) is 22.0 Å². The summed E-state index contributed by atoms with van der Waals surface area (Å²) in [6.07, 6.45) is 2.71. The number of aromatic nitrogens is 2. The molecule has 0 amide bonds. The molecular weight excluding hydrogens is 278 g/mol. The maximum Gasteiger partial charge on any atom is 0.149 e. The molecule has 1 heterocycles. The first-order chi connectivity index (χ1) is 9.56. The number of anilines is 1. The quantitative estimate of drug-likeness (QED) is 0.770. The number of ether oxygens (including phenoxy) is 1. The van der Waals surface area contributed by atoms with Gasteiger partial charge in [0.25, 0.3) is 0 Å². The average Bonchev–Trinajstić information content (AvgIpc) is 2.41. The van der Waals surface area contributed by atoms with Gasteiger partial charge in [-0.2, -0.15) is 0 Å². The lowest BCUT2D eigenvalue weighted by molar-refractivity contribution is 0.159. The van der Waals surface area contributed by atoms with Crippen LogP contribution in [0, 0.1) is 0 Å². The van der Waals surface area contributed by atoms with Crippen molar-refractivity contribution in [3.8, 4) is 0 Å². The number of fused-ring (bicyclic) bond motifs is 1. The van der Waals surface area contributed by atoms with Gasteiger partial charge in [-0.05, 0) is 12.1 Å². The summed E-state index contributed by atoms with van der Waals surface area (Å²) in [6.45, 7) is 1.20. The number of sulfone groups is 1. The van der Waals surface area contributed by atoms with Gasteiger partial charge < -0.3 is 10.1 Å². The maximum absolute atomic E-state index is 10.9. The Morgan fingerprint density at radius 3 is 2.80 bits per heavy atom. The molecule has 0 saturated heterocycles. The Morgan fingerprint density at radius 2 is 2.00 bits per heavy atom. The van der Waals surface area contributed by atoms with Crippen molar-refractivity contribution in [3.05, 3.63) is 30.6 Å². The smallest absolute Gasteiger partial charge is 0.149 e. The molecule has 2 rings (SSSR count). The highest BCUT2D eigenvalue weighted by Gasteiger charge is 2.03. The van der Waals surface area contributed by atoms with E-state index in [2.05, 4.69) is 15.3 Å². The van der Waals surface area contributed by atoms with Gasteiger partial charge in [-0.1, -0.05) is 12.1 Å². The lowest BCUT2D eigenvalue weighted by Gasteiger charge is -2.08. The van der Waals surface area contributed by atoms with Gasteiger partial charge in [0.05, 0.1) is 24.5 Å². The Kier molecular flexibility index (Phi) is 4.86. The minimum atomic E-state index is -2.96. The minimum Gasteiger partial charge on any atom is -0.379 e. The molecule has 20 heavy (non-hydrogen) atoms. The highest BCUT2D eigenvalue weighted by molar-refractivity contribution is 7.90. The van der Waals surface area contributed by atoms with Gasteiger partial charge in [-0.15, -0.1) is 0 Å². The van der Waals surface area contributed by atoms with E-state index in [0.29, 0.717) is 13.2 Å². The Balaban J connectivity index is 1.82. The molecule has 0 aliphatic heterocycles. The second kappa shape index (κ2) is 6.62. The second-order valence-corrected chi connectivity index (χ2v) is 6.67. The van der Waals surface area contributed by atoms with Crippen LogP contribution < -0.4 is 5.32 Å². The number of nitrogens with one attached hydrogen (secondary N) is 1. The molecule has 6 nitrogen and oxygen atoms in total. The number of hydrogen-bond donors (Lipinski definition) is 1. The molecule has 108 valence electrons. The standard InChI is InChI=1S/C13H17N3O3S/c1-20(17,18)9-8-19-7-6-14-13-11-4-2-3-5-12(11)15-10-16-13/h2-5,10H,6-9H2,1H3,(H,14,15,16). The number of rotatable bonds is 7. The first kappa shape index (κ1) is 14.7. The van der Waals surface area contributed by atoms with Gasteiger partial charge in [-0.3, -0.25) is 0 Å². The van der Waals surface area contributed by atoms with Gasteiger partial charge in [-0.25, -0.2) is 18.4 Å². The zero-order chi connectivity index (χ0) is 14.4. The summed E-state index contributed by atoms with van der Waals surface area (Å²) in [5, 5.41) is 4.11. The summed E-state index contributed by atoms with van der Waals surface area (Å²) < 4.78 is 27.1. The topological polar surface area (TPSA) is 81.2 Å². The first-order valence-corrected chi connectivity index (χ1v) is 8.31. The highest BCUT2D eigenvalue weighted by Crippen LogP contribution is 2.17. The fraction of sp³-hybridized carbons (Fsp3) is 0.385. The van der Waals surface area contributed by atoms with E-state index in [9.17, 15) is 8.42 Å². The number of nitrogens with zero attached hydrogens (tertiary/aromatic N) is 2. The third kappa shape index (κ3) is 4.43. The Morgan fingerprint density at radius 1 is 1.20 bits per heavy atom. The van der Waals surface area contributed by atoms with E-state index >= 15 is 0 Å². The molecule has 7 heteroatoms. The minimum absolute atomic E-state index is 0.0451. The van der Waals surface area contributed by atoms with E-state index < -0.39 is 9.84 Å². The van der Waals surface area contributed by atoms with Crippen molar-refractivity contribution >= 4 is 26.6 Å². The van der Waals surface area contributed by atoms with Crippen LogP contribution in [0.4, 0.5) is 5.82 Å². The van der Waals surface area contributed by atoms with Crippen molar-refractivity contribution in [1.82, 2.24) is 9.97 Å². The molecule has 0 fully saturated rings. The van der Waals surface area contributed by atoms with E-state index in [0.717, 1.165) is 16.7 Å². The molecule has 0 saturated carbocycles. The number of para-hydroxylation sites is 1. The molecule has 1 aromatic heterocycles. The van der Waals surface area contributed by atoms with Gasteiger partial charge in [0, 0.05) is 18.2 Å². The second-order valence-electron chi connectivity index (χ2n) is 4.41. The molecule has 0 aliphatic rings. The molecule has 0 aliphatic carbocycles. The molecule has 1 N–H and O–H groups in total. The van der Waals surface area contributed by atoms with Gasteiger partial charge in [0.2, 0.25) is 0 Å². The SMILES string of the molecule is CS(=O)(=O)CCOCCNc1ncnc2ccccc12. The zero-order valence-electron chi connectivity index (χ0n) is 11.2. The monoisotopic (exact) mass is 295 g/mol. The van der Waals surface area contributed by atoms with Gasteiger partial charge in [0.15, 0.2) is 0 Å². The third-order valence-corrected chi connectivity index (χ3v) is 3.59. The predicted molar refractivity (Wildman–Crippen MR) is 78.6 cm³/mol. The average molecular weight is 295 g/mol. The molecule has 0 atom stereocenters. The molecule has 0 radical (unpaired) electrons. The summed E-state index contributed by atoms with van der Waals surface area (Å²) in [7, 11) is -2.96. The molecule has 0 bridgehead atoms. The van der Waals surface area contributed by atoms with Gasteiger partial charge >= 0.3 is 0 Å². The van der Waals surface area contributed by atoms with E-state index in [-0.39, 0.29) is 12.4 Å². The third-order valence-electron chi connectivity index (χ3n) is 2.68. The van der Waals surface area contributed by atoms with Crippen LogP contribution in [0.5, 0.6) is 0 Å². The number of benzene rings is 1. The Hall–Kier alpha value is -1.73. The molecule has 0 spiro atoms. The van der Waals surface area contributed by atoms with Crippen molar-refractivity contribution in [1.29, 1.82) is 0 Å². The van der Waals surface area contributed by atoms with E-state index in [1.165, 1.54) is 12.6 Å². The van der Waals surface area contributed by atoms with E-state index in [1.807, 2.05) is 24.3 Å². The summed E-state index contributed by atoms with van der Waals surface area (Å²) >= 11 is 0. The fourth-order valence-corrected chi connectivity index (χ4v) is 2.12. The summed E-state index contributed by atoms with van der Waals surface area (Å²) in [5.74, 6) is 0.797. The van der Waals surface area contributed by atoms with Crippen LogP contribution in [0.15, 0.2) is 30.6 Å². The first-order valence-electron chi connectivity index (χ1n) is 6.25.